The molecule has 4 aromatic rings. The third kappa shape index (κ3) is 4.08. The molecule has 9 nitrogen and oxygen atoms in total. The Morgan fingerprint density at radius 3 is 2.79 bits per heavy atom. The van der Waals surface area contributed by atoms with E-state index in [0.29, 0.717) is 29.5 Å². The van der Waals surface area contributed by atoms with Gasteiger partial charge in [0.05, 0.1) is 19.8 Å². The number of aliphatic hydroxyl groups excluding tert-OH is 1. The molecule has 170 valence electrons. The Morgan fingerprint density at radius 1 is 1.18 bits per heavy atom. The highest BCUT2D eigenvalue weighted by molar-refractivity contribution is 5.84. The molecule has 0 spiro atoms. The van der Waals surface area contributed by atoms with Crippen molar-refractivity contribution >= 4 is 22.9 Å². The number of hydrogen-bond acceptors (Lipinski definition) is 8. The van der Waals surface area contributed by atoms with Gasteiger partial charge in [0.2, 0.25) is 5.95 Å². The molecule has 5 rings (SSSR count). The standard InChI is InChI=1S/C24H26N6O3/c1-32-19-11-15(7-9-18(19)16-5-3-2-4-6-16)12-26-24-29-21-22(25)27-14-28-23(21)30(24)20-10-8-17(13-31)33-20/h2-7,9,11,14,17,20,31H,8,10,12-13H2,1H3,(H,26,29)(H2,25,27,28)/t17-,20+/m0/s1. The molecule has 1 aliphatic heterocycles. The average molecular weight is 447 g/mol. The first kappa shape index (κ1) is 21.2. The lowest BCUT2D eigenvalue weighted by molar-refractivity contribution is -0.0197. The molecule has 2 atom stereocenters. The van der Waals surface area contributed by atoms with Gasteiger partial charge in [0.1, 0.15) is 18.3 Å². The number of hydrogen-bond donors (Lipinski definition) is 3. The molecule has 0 bridgehead atoms. The number of nitrogens with one attached hydrogen (secondary N) is 1. The van der Waals surface area contributed by atoms with Gasteiger partial charge in [0, 0.05) is 12.1 Å². The first-order valence-electron chi connectivity index (χ1n) is 10.9. The number of imidazole rings is 1. The third-order valence-electron chi connectivity index (χ3n) is 5.88. The molecule has 0 unspecified atom stereocenters. The Hall–Kier alpha value is -3.69. The van der Waals surface area contributed by atoms with Crippen LogP contribution in [-0.4, -0.2) is 44.4 Å². The van der Waals surface area contributed by atoms with E-state index in [1.807, 2.05) is 28.8 Å². The van der Waals surface area contributed by atoms with Crippen LogP contribution in [0.4, 0.5) is 11.8 Å². The number of aromatic nitrogens is 4. The minimum absolute atomic E-state index is 0.0173. The second kappa shape index (κ2) is 9.05. The monoisotopic (exact) mass is 446 g/mol. The normalized spacial score (nSPS) is 18.0. The fourth-order valence-corrected chi connectivity index (χ4v) is 4.22. The Labute approximate surface area is 191 Å². The maximum atomic E-state index is 9.49. The van der Waals surface area contributed by atoms with Crippen molar-refractivity contribution in [3.05, 3.63) is 60.4 Å². The van der Waals surface area contributed by atoms with E-state index in [9.17, 15) is 5.11 Å². The van der Waals surface area contributed by atoms with Crippen LogP contribution < -0.4 is 15.8 Å². The highest BCUT2D eigenvalue weighted by Crippen LogP contribution is 2.35. The number of aliphatic hydroxyl groups is 1. The van der Waals surface area contributed by atoms with Crippen LogP contribution in [0.3, 0.4) is 0 Å². The smallest absolute Gasteiger partial charge is 0.207 e. The lowest BCUT2D eigenvalue weighted by atomic mass is 10.0. The number of fused-ring (bicyclic) bond motifs is 1. The van der Waals surface area contributed by atoms with E-state index in [4.69, 9.17) is 15.2 Å². The van der Waals surface area contributed by atoms with E-state index < -0.39 is 0 Å². The summed E-state index contributed by atoms with van der Waals surface area (Å²) in [6, 6.07) is 16.3. The summed E-state index contributed by atoms with van der Waals surface area (Å²) in [4.78, 5) is 13.1. The van der Waals surface area contributed by atoms with E-state index in [0.717, 1.165) is 35.3 Å². The molecule has 0 radical (unpaired) electrons. The number of nitrogens with two attached hydrogens (primary N) is 1. The van der Waals surface area contributed by atoms with Crippen molar-refractivity contribution in [3.63, 3.8) is 0 Å². The number of ether oxygens (including phenoxy) is 2. The van der Waals surface area contributed by atoms with Gasteiger partial charge < -0.3 is 25.6 Å². The molecule has 33 heavy (non-hydrogen) atoms. The van der Waals surface area contributed by atoms with Gasteiger partial charge in [-0.2, -0.15) is 0 Å². The van der Waals surface area contributed by atoms with Crippen molar-refractivity contribution in [2.24, 2.45) is 0 Å². The van der Waals surface area contributed by atoms with Crippen molar-refractivity contribution in [2.45, 2.75) is 31.7 Å². The number of nitrogen functional groups attached to an aromatic ring is 1. The van der Waals surface area contributed by atoms with Crippen LogP contribution in [0.25, 0.3) is 22.3 Å². The molecule has 1 aliphatic rings. The Kier molecular flexibility index (Phi) is 5.80. The predicted octanol–water partition coefficient (Wildman–Crippen LogP) is 3.37. The summed E-state index contributed by atoms with van der Waals surface area (Å²) in [5, 5.41) is 12.9. The van der Waals surface area contributed by atoms with Gasteiger partial charge in [-0.25, -0.2) is 15.0 Å². The lowest BCUT2D eigenvalue weighted by Crippen LogP contribution is -2.17. The molecule has 2 aromatic carbocycles. The van der Waals surface area contributed by atoms with Gasteiger partial charge in [0.25, 0.3) is 0 Å². The summed E-state index contributed by atoms with van der Waals surface area (Å²) in [5.74, 6) is 1.70. The summed E-state index contributed by atoms with van der Waals surface area (Å²) in [6.07, 6.45) is 2.44. The topological polar surface area (TPSA) is 120 Å². The van der Waals surface area contributed by atoms with Gasteiger partial charge in [-0.1, -0.05) is 42.5 Å². The number of anilines is 2. The number of benzene rings is 2. The lowest BCUT2D eigenvalue weighted by Gasteiger charge is -2.18. The number of nitrogens with zero attached hydrogens (tertiary/aromatic N) is 4. The molecule has 9 heteroatoms. The van der Waals surface area contributed by atoms with Crippen molar-refractivity contribution in [3.8, 4) is 16.9 Å². The van der Waals surface area contributed by atoms with E-state index >= 15 is 0 Å². The predicted molar refractivity (Wildman–Crippen MR) is 126 cm³/mol. The summed E-state index contributed by atoms with van der Waals surface area (Å²) in [5.41, 5.74) is 10.3. The number of methoxy groups -OCH3 is 1. The summed E-state index contributed by atoms with van der Waals surface area (Å²) in [6.45, 7) is 0.495. The quantitative estimate of drug-likeness (QED) is 0.395. The largest absolute Gasteiger partial charge is 0.496 e. The van der Waals surface area contributed by atoms with Crippen molar-refractivity contribution in [2.75, 3.05) is 24.8 Å². The van der Waals surface area contributed by atoms with Gasteiger partial charge in [0.15, 0.2) is 17.0 Å². The molecule has 2 aromatic heterocycles. The molecule has 0 aliphatic carbocycles. The zero-order chi connectivity index (χ0) is 22.8. The van der Waals surface area contributed by atoms with Gasteiger partial charge in [-0.05, 0) is 30.0 Å². The molecule has 1 saturated heterocycles. The second-order valence-corrected chi connectivity index (χ2v) is 7.96. The molecule has 0 amide bonds. The van der Waals surface area contributed by atoms with Crippen molar-refractivity contribution < 1.29 is 14.6 Å². The molecule has 3 heterocycles. The van der Waals surface area contributed by atoms with E-state index in [1.54, 1.807) is 7.11 Å². The van der Waals surface area contributed by atoms with Crippen LogP contribution in [0.15, 0.2) is 54.9 Å². The van der Waals surface area contributed by atoms with Crippen LogP contribution >= 0.6 is 0 Å². The summed E-state index contributed by atoms with van der Waals surface area (Å²) < 4.78 is 13.6. The van der Waals surface area contributed by atoms with Crippen molar-refractivity contribution in [1.82, 2.24) is 19.5 Å². The summed E-state index contributed by atoms with van der Waals surface area (Å²) in [7, 11) is 1.68. The maximum Gasteiger partial charge on any atom is 0.207 e. The first-order valence-corrected chi connectivity index (χ1v) is 10.9. The minimum atomic E-state index is -0.293. The fraction of sp³-hybridized carbons (Fsp3) is 0.292. The average Bonchev–Trinajstić information content (AvgIpc) is 3.48. The highest BCUT2D eigenvalue weighted by Gasteiger charge is 2.30. The highest BCUT2D eigenvalue weighted by atomic mass is 16.5. The SMILES string of the molecule is COc1cc(CNc2nc3c(N)ncnc3n2[C@H]2CC[C@@H](CO)O2)ccc1-c1ccccc1. The Morgan fingerprint density at radius 2 is 2.03 bits per heavy atom. The van der Waals surface area contributed by atoms with Crippen LogP contribution in [-0.2, 0) is 11.3 Å². The van der Waals surface area contributed by atoms with E-state index in [2.05, 4.69) is 44.5 Å². The molecular formula is C24H26N6O3. The Bertz CT molecular complexity index is 1260. The fourth-order valence-electron chi connectivity index (χ4n) is 4.22. The zero-order valence-electron chi connectivity index (χ0n) is 18.3. The number of rotatable bonds is 7. The minimum Gasteiger partial charge on any atom is -0.496 e. The van der Waals surface area contributed by atoms with E-state index in [1.165, 1.54) is 6.33 Å². The van der Waals surface area contributed by atoms with Gasteiger partial charge >= 0.3 is 0 Å². The maximum absolute atomic E-state index is 9.49. The van der Waals surface area contributed by atoms with Crippen LogP contribution in [0, 0.1) is 0 Å². The zero-order valence-corrected chi connectivity index (χ0v) is 18.3. The third-order valence-corrected chi connectivity index (χ3v) is 5.88. The van der Waals surface area contributed by atoms with Gasteiger partial charge in [-0.3, -0.25) is 4.57 Å². The van der Waals surface area contributed by atoms with Crippen LogP contribution in [0.1, 0.15) is 24.6 Å². The van der Waals surface area contributed by atoms with Crippen molar-refractivity contribution in [1.29, 1.82) is 0 Å². The molecule has 1 fully saturated rings. The van der Waals surface area contributed by atoms with Crippen LogP contribution in [0.5, 0.6) is 5.75 Å². The molecule has 4 N–H and O–H groups in total. The first-order chi connectivity index (χ1) is 16.2. The van der Waals surface area contributed by atoms with Gasteiger partial charge in [-0.15, -0.1) is 0 Å². The van der Waals surface area contributed by atoms with E-state index in [-0.39, 0.29) is 18.9 Å². The van der Waals surface area contributed by atoms with Crippen LogP contribution in [0.2, 0.25) is 0 Å². The molecular weight excluding hydrogens is 420 g/mol. The summed E-state index contributed by atoms with van der Waals surface area (Å²) >= 11 is 0. The molecule has 0 saturated carbocycles. The Balaban J connectivity index is 1.44. The second-order valence-electron chi connectivity index (χ2n) is 7.96.